The summed E-state index contributed by atoms with van der Waals surface area (Å²) in [4.78, 5) is 20.9. The Morgan fingerprint density at radius 1 is 0.918 bits per heavy atom. The molecule has 0 spiro atoms. The molecule has 4 aromatic carbocycles. The van der Waals surface area contributed by atoms with Crippen LogP contribution in [-0.2, 0) is 10.1 Å². The standard InChI is InChI=1S/C34H23ClN6O5S2.Na/c35-33-24(9-5-15-37-33)34(42)39-18-46-27-14-12-23-20-6-3-4-10-28(20)47-32(23)30(27)25-13-11-19(17-38-25)40-41-26-16-29(48(43,44)45)21-7-1-2-8-22(21)31(26)36;/h1-17H,18,36H2,(H,39,42)(H,43,44,45);/q;+1/p-1. The molecular formula is C34H22ClN6NaO5S2. The molecule has 7 rings (SSSR count). The number of rotatable bonds is 8. The number of anilines is 1. The van der Waals surface area contributed by atoms with E-state index in [0.717, 1.165) is 31.8 Å². The summed E-state index contributed by atoms with van der Waals surface area (Å²) in [6, 6.07) is 26.0. The van der Waals surface area contributed by atoms with Gasteiger partial charge in [-0.25, -0.2) is 13.4 Å². The van der Waals surface area contributed by atoms with E-state index < -0.39 is 20.9 Å². The number of hydrogen-bond donors (Lipinski definition) is 2. The van der Waals surface area contributed by atoms with Crippen molar-refractivity contribution in [2.75, 3.05) is 12.5 Å². The number of nitrogen functional groups attached to an aromatic ring is 1. The van der Waals surface area contributed by atoms with Gasteiger partial charge in [0.25, 0.3) is 5.91 Å². The molecule has 11 nitrogen and oxygen atoms in total. The van der Waals surface area contributed by atoms with E-state index in [1.165, 1.54) is 18.5 Å². The van der Waals surface area contributed by atoms with Gasteiger partial charge in [0.1, 0.15) is 32.4 Å². The number of pyridine rings is 2. The van der Waals surface area contributed by atoms with E-state index in [2.05, 4.69) is 31.6 Å². The summed E-state index contributed by atoms with van der Waals surface area (Å²) in [6.07, 6.45) is 3.00. The van der Waals surface area contributed by atoms with Gasteiger partial charge in [-0.05, 0) is 48.5 Å². The average molecular weight is 717 g/mol. The molecule has 0 atom stereocenters. The van der Waals surface area contributed by atoms with Crippen LogP contribution in [0.5, 0.6) is 5.75 Å². The molecule has 3 heterocycles. The summed E-state index contributed by atoms with van der Waals surface area (Å²) in [5, 5.41) is 13.9. The summed E-state index contributed by atoms with van der Waals surface area (Å²) in [7, 11) is -4.81. The van der Waals surface area contributed by atoms with E-state index in [-0.39, 0.29) is 63.8 Å². The molecule has 3 N–H and O–H groups in total. The molecule has 0 unspecified atom stereocenters. The first-order valence-corrected chi connectivity index (χ1v) is 16.9. The van der Waals surface area contributed by atoms with E-state index in [4.69, 9.17) is 22.1 Å². The molecule has 238 valence electrons. The second-order valence-electron chi connectivity index (χ2n) is 10.5. The number of carbonyl (C=O) groups excluding carboxylic acids is 1. The summed E-state index contributed by atoms with van der Waals surface area (Å²) in [6.45, 7) is -0.145. The molecule has 3 aromatic heterocycles. The Hall–Kier alpha value is -4.47. The first-order chi connectivity index (χ1) is 23.2. The Morgan fingerprint density at radius 3 is 2.41 bits per heavy atom. The monoisotopic (exact) mass is 716 g/mol. The number of fused-ring (bicyclic) bond motifs is 4. The molecule has 0 bridgehead atoms. The topological polar surface area (TPSA) is 172 Å². The fourth-order valence-corrected chi connectivity index (χ4v) is 7.47. The van der Waals surface area contributed by atoms with E-state index in [1.807, 2.05) is 30.3 Å². The van der Waals surface area contributed by atoms with E-state index in [0.29, 0.717) is 22.5 Å². The van der Waals surface area contributed by atoms with Crippen molar-refractivity contribution < 1.29 is 52.1 Å². The third-order valence-corrected chi connectivity index (χ3v) is 9.93. The van der Waals surface area contributed by atoms with Crippen molar-refractivity contribution in [3.63, 3.8) is 0 Å². The van der Waals surface area contributed by atoms with Gasteiger partial charge in [-0.1, -0.05) is 54.1 Å². The molecule has 0 aliphatic carbocycles. The van der Waals surface area contributed by atoms with Crippen LogP contribution in [-0.4, -0.2) is 35.6 Å². The Morgan fingerprint density at radius 2 is 1.67 bits per heavy atom. The first-order valence-electron chi connectivity index (χ1n) is 14.3. The molecule has 15 heteroatoms. The first kappa shape index (κ1) is 34.4. The zero-order valence-corrected chi connectivity index (χ0v) is 30.0. The van der Waals surface area contributed by atoms with Gasteiger partial charge < -0.3 is 20.3 Å². The second kappa shape index (κ2) is 14.2. The summed E-state index contributed by atoms with van der Waals surface area (Å²) in [5.74, 6) is 0.0567. The number of azo groups is 1. The van der Waals surface area contributed by atoms with Crippen LogP contribution in [0.4, 0.5) is 17.1 Å². The van der Waals surface area contributed by atoms with Crippen LogP contribution in [0.2, 0.25) is 5.15 Å². The predicted octanol–water partition coefficient (Wildman–Crippen LogP) is 4.99. The summed E-state index contributed by atoms with van der Waals surface area (Å²) < 4.78 is 44.1. The zero-order valence-electron chi connectivity index (χ0n) is 25.6. The van der Waals surface area contributed by atoms with Crippen LogP contribution in [0.15, 0.2) is 119 Å². The van der Waals surface area contributed by atoms with E-state index >= 15 is 0 Å². The number of hydrogen-bond acceptors (Lipinski definition) is 11. The second-order valence-corrected chi connectivity index (χ2v) is 13.2. The molecule has 0 saturated carbocycles. The predicted molar refractivity (Wildman–Crippen MR) is 185 cm³/mol. The number of nitrogens with two attached hydrogens (primary N) is 1. The van der Waals surface area contributed by atoms with Crippen LogP contribution in [0.3, 0.4) is 0 Å². The van der Waals surface area contributed by atoms with Crippen LogP contribution >= 0.6 is 22.9 Å². The molecule has 0 radical (unpaired) electrons. The number of nitrogens with zero attached hydrogens (tertiary/aromatic N) is 4. The van der Waals surface area contributed by atoms with E-state index in [9.17, 15) is 17.8 Å². The minimum Gasteiger partial charge on any atom is -0.744 e. The fourth-order valence-electron chi connectivity index (χ4n) is 5.31. The number of nitrogens with one attached hydrogen (secondary N) is 1. The van der Waals surface area contributed by atoms with Gasteiger partial charge in [-0.15, -0.1) is 21.6 Å². The largest absolute Gasteiger partial charge is 1.00 e. The van der Waals surface area contributed by atoms with Crippen LogP contribution in [0.25, 0.3) is 42.2 Å². The third-order valence-electron chi connectivity index (χ3n) is 7.55. The summed E-state index contributed by atoms with van der Waals surface area (Å²) >= 11 is 7.66. The van der Waals surface area contributed by atoms with Gasteiger partial charge in [0, 0.05) is 37.1 Å². The Labute approximate surface area is 310 Å². The summed E-state index contributed by atoms with van der Waals surface area (Å²) in [5.41, 5.74) is 8.37. The number of thiophene rings is 1. The van der Waals surface area contributed by atoms with Crippen molar-refractivity contribution in [3.8, 4) is 17.0 Å². The van der Waals surface area contributed by atoms with Crippen molar-refractivity contribution in [2.24, 2.45) is 10.2 Å². The van der Waals surface area contributed by atoms with Gasteiger partial charge in [-0.3, -0.25) is 9.78 Å². The van der Waals surface area contributed by atoms with Crippen molar-refractivity contribution in [1.82, 2.24) is 15.3 Å². The van der Waals surface area contributed by atoms with Crippen molar-refractivity contribution in [3.05, 3.63) is 114 Å². The minimum absolute atomic E-state index is 0. The van der Waals surface area contributed by atoms with Crippen molar-refractivity contribution in [2.45, 2.75) is 4.90 Å². The van der Waals surface area contributed by atoms with Gasteiger partial charge in [0.15, 0.2) is 6.73 Å². The quantitative estimate of drug-likeness (QED) is 0.0553. The maximum absolute atomic E-state index is 12.7. The molecular weight excluding hydrogens is 695 g/mol. The SMILES string of the molecule is Nc1c(N=Nc2ccc(-c3c(OCNC(=O)c4cccnc4Cl)ccc4c3sc3ccccc34)nc2)cc(S(=O)(=O)[O-])c2ccccc12.[Na+]. The van der Waals surface area contributed by atoms with Crippen molar-refractivity contribution in [1.29, 1.82) is 0 Å². The molecule has 0 fully saturated rings. The maximum atomic E-state index is 12.7. The normalized spacial score (nSPS) is 11.6. The van der Waals surface area contributed by atoms with Gasteiger partial charge in [0.2, 0.25) is 0 Å². The molecule has 0 aliphatic heterocycles. The van der Waals surface area contributed by atoms with E-state index in [1.54, 1.807) is 53.8 Å². The number of carbonyl (C=O) groups is 1. The maximum Gasteiger partial charge on any atom is 1.00 e. The zero-order chi connectivity index (χ0) is 33.4. The molecule has 49 heavy (non-hydrogen) atoms. The van der Waals surface area contributed by atoms with Gasteiger partial charge in [-0.2, -0.15) is 0 Å². The Balaban J connectivity index is 0.00000417. The number of benzene rings is 4. The molecule has 0 saturated heterocycles. The minimum atomic E-state index is -4.81. The number of halogens is 1. The number of amides is 1. The van der Waals surface area contributed by atoms with Crippen LogP contribution in [0, 0.1) is 0 Å². The molecule has 7 aromatic rings. The van der Waals surface area contributed by atoms with Crippen LogP contribution in [0.1, 0.15) is 10.4 Å². The van der Waals surface area contributed by atoms with Gasteiger partial charge in [0.05, 0.1) is 33.6 Å². The number of aromatic nitrogens is 2. The molecule has 0 aliphatic rings. The van der Waals surface area contributed by atoms with Crippen LogP contribution < -0.4 is 45.3 Å². The third kappa shape index (κ3) is 6.87. The fraction of sp³-hybridized carbons (Fsp3) is 0.0294. The smallest absolute Gasteiger partial charge is 0.744 e. The number of ether oxygens (including phenoxy) is 1. The average Bonchev–Trinajstić information content (AvgIpc) is 3.46. The van der Waals surface area contributed by atoms with Gasteiger partial charge >= 0.3 is 29.6 Å². The Kier molecular flexibility index (Phi) is 9.95. The van der Waals surface area contributed by atoms with Crippen molar-refractivity contribution >= 4 is 87.0 Å². The molecule has 1 amide bonds. The Bertz CT molecular complexity index is 2530.